The molecule has 2 heterocycles. The zero-order valence-corrected chi connectivity index (χ0v) is 23.5. The summed E-state index contributed by atoms with van der Waals surface area (Å²) in [6.45, 7) is 4.89. The van der Waals surface area contributed by atoms with Gasteiger partial charge in [0.05, 0.1) is 17.5 Å². The van der Waals surface area contributed by atoms with Crippen molar-refractivity contribution in [2.75, 3.05) is 19.7 Å². The molecule has 2 aliphatic rings. The van der Waals surface area contributed by atoms with Crippen molar-refractivity contribution in [2.24, 2.45) is 11.3 Å². The second-order valence-electron chi connectivity index (χ2n) is 11.5. The van der Waals surface area contributed by atoms with Crippen LogP contribution < -0.4 is 14.8 Å². The highest BCUT2D eigenvalue weighted by molar-refractivity contribution is 6.10. The van der Waals surface area contributed by atoms with Crippen molar-refractivity contribution in [3.63, 3.8) is 0 Å². The number of piperidine rings is 1. The van der Waals surface area contributed by atoms with Gasteiger partial charge in [-0.2, -0.15) is 0 Å². The van der Waals surface area contributed by atoms with E-state index >= 15 is 0 Å². The van der Waals surface area contributed by atoms with Gasteiger partial charge < -0.3 is 14.8 Å². The van der Waals surface area contributed by atoms with E-state index in [0.29, 0.717) is 30.9 Å². The van der Waals surface area contributed by atoms with E-state index in [1.165, 1.54) is 0 Å². The largest absolute Gasteiger partial charge is 0.493 e. The van der Waals surface area contributed by atoms with Crippen molar-refractivity contribution in [3.05, 3.63) is 95.7 Å². The van der Waals surface area contributed by atoms with Gasteiger partial charge in [0.1, 0.15) is 17.2 Å². The van der Waals surface area contributed by atoms with Crippen LogP contribution in [-0.4, -0.2) is 36.2 Å². The molecule has 41 heavy (non-hydrogen) atoms. The Bertz CT molecular complexity index is 1540. The molecule has 1 aromatic heterocycles. The zero-order valence-electron chi connectivity index (χ0n) is 23.5. The van der Waals surface area contributed by atoms with Gasteiger partial charge in [-0.25, -0.2) is 0 Å². The number of ether oxygens (including phenoxy) is 2. The number of Topliss-reactive ketones (excluding diaryl/α,β-unsaturated/α-hetero) is 2. The van der Waals surface area contributed by atoms with Gasteiger partial charge in [0.15, 0.2) is 11.6 Å². The Balaban J connectivity index is 1.10. The van der Waals surface area contributed by atoms with Gasteiger partial charge >= 0.3 is 0 Å². The number of ketones is 2. The number of pyridine rings is 1. The maximum absolute atomic E-state index is 13.2. The van der Waals surface area contributed by atoms with Gasteiger partial charge in [0.2, 0.25) is 0 Å². The third-order valence-electron chi connectivity index (χ3n) is 8.47. The number of aryl methyl sites for hydroxylation is 1. The molecule has 210 valence electrons. The normalized spacial score (nSPS) is 16.3. The monoisotopic (exact) mass is 548 g/mol. The fraction of sp³-hybridized carbons (Fsp3) is 0.343. The molecule has 0 atom stereocenters. The number of hydrogen-bond acceptors (Lipinski definition) is 6. The molecule has 1 aliphatic carbocycles. The quantitative estimate of drug-likeness (QED) is 0.218. The van der Waals surface area contributed by atoms with Gasteiger partial charge in [0.25, 0.3) is 0 Å². The third kappa shape index (κ3) is 6.18. The Morgan fingerprint density at radius 2 is 1.56 bits per heavy atom. The first kappa shape index (κ1) is 27.2. The van der Waals surface area contributed by atoms with Gasteiger partial charge in [-0.1, -0.05) is 42.5 Å². The fourth-order valence-electron chi connectivity index (χ4n) is 5.70. The summed E-state index contributed by atoms with van der Waals surface area (Å²) in [6, 6.07) is 23.2. The highest BCUT2D eigenvalue weighted by atomic mass is 16.5. The second-order valence-corrected chi connectivity index (χ2v) is 11.5. The van der Waals surface area contributed by atoms with Crippen LogP contribution >= 0.6 is 0 Å². The third-order valence-corrected chi connectivity index (χ3v) is 8.47. The summed E-state index contributed by atoms with van der Waals surface area (Å²) in [5, 5.41) is 4.32. The molecule has 0 bridgehead atoms. The number of carbonyl (C=O) groups is 2. The van der Waals surface area contributed by atoms with E-state index in [2.05, 4.69) is 23.3 Å². The number of aromatic nitrogens is 1. The molecule has 0 unspecified atom stereocenters. The predicted molar refractivity (Wildman–Crippen MR) is 160 cm³/mol. The summed E-state index contributed by atoms with van der Waals surface area (Å²) in [4.78, 5) is 30.7. The molecule has 0 amide bonds. The molecule has 3 aromatic carbocycles. The fourth-order valence-corrected chi connectivity index (χ4v) is 5.70. The number of hydrogen-bond donors (Lipinski definition) is 1. The molecular formula is C35H36N2O4. The molecule has 6 heteroatoms. The van der Waals surface area contributed by atoms with Crippen molar-refractivity contribution in [1.82, 2.24) is 10.3 Å². The van der Waals surface area contributed by atoms with E-state index in [9.17, 15) is 9.59 Å². The minimum absolute atomic E-state index is 0.0147. The SMILES string of the molecule is Cc1cc2c(Oc3ccc(CC(=O)C4(C(=O)Cc5ccccc5)CC4)cc3)ccnc2cc1OCC1CCNCC1. The maximum Gasteiger partial charge on any atom is 0.150 e. The first-order chi connectivity index (χ1) is 20.0. The van der Waals surface area contributed by atoms with Crippen molar-refractivity contribution in [1.29, 1.82) is 0 Å². The maximum atomic E-state index is 13.2. The average Bonchev–Trinajstić information content (AvgIpc) is 3.81. The molecule has 1 N–H and O–H groups in total. The van der Waals surface area contributed by atoms with Crippen LogP contribution in [0, 0.1) is 18.3 Å². The highest BCUT2D eigenvalue weighted by Gasteiger charge is 2.54. The summed E-state index contributed by atoms with van der Waals surface area (Å²) in [5.41, 5.74) is 2.90. The highest BCUT2D eigenvalue weighted by Crippen LogP contribution is 2.48. The van der Waals surface area contributed by atoms with Crippen LogP contribution in [-0.2, 0) is 22.4 Å². The van der Waals surface area contributed by atoms with Crippen LogP contribution in [0.25, 0.3) is 10.9 Å². The summed E-state index contributed by atoms with van der Waals surface area (Å²) in [5.74, 6) is 2.89. The molecule has 4 aromatic rings. The van der Waals surface area contributed by atoms with Crippen LogP contribution in [0.15, 0.2) is 79.0 Å². The van der Waals surface area contributed by atoms with Crippen LogP contribution in [0.5, 0.6) is 17.2 Å². The minimum atomic E-state index is -0.811. The lowest BCUT2D eigenvalue weighted by atomic mass is 9.88. The molecular weight excluding hydrogens is 512 g/mol. The Kier molecular flexibility index (Phi) is 7.84. The Morgan fingerprint density at radius 1 is 0.878 bits per heavy atom. The Morgan fingerprint density at radius 3 is 2.24 bits per heavy atom. The Labute approximate surface area is 241 Å². The van der Waals surface area contributed by atoms with Gasteiger partial charge in [-0.05, 0) is 92.6 Å². The molecule has 1 saturated carbocycles. The predicted octanol–water partition coefficient (Wildman–Crippen LogP) is 6.42. The lowest BCUT2D eigenvalue weighted by Crippen LogP contribution is -2.30. The lowest BCUT2D eigenvalue weighted by molar-refractivity contribution is -0.133. The van der Waals surface area contributed by atoms with E-state index in [1.807, 2.05) is 66.7 Å². The van der Waals surface area contributed by atoms with Crippen LogP contribution in [0.3, 0.4) is 0 Å². The summed E-state index contributed by atoms with van der Waals surface area (Å²) in [7, 11) is 0. The van der Waals surface area contributed by atoms with E-state index in [-0.39, 0.29) is 18.0 Å². The van der Waals surface area contributed by atoms with Crippen LogP contribution in [0.4, 0.5) is 0 Å². The van der Waals surface area contributed by atoms with Crippen LogP contribution in [0.2, 0.25) is 0 Å². The zero-order chi connectivity index (χ0) is 28.2. The van der Waals surface area contributed by atoms with Crippen molar-refractivity contribution < 1.29 is 19.1 Å². The number of benzene rings is 3. The molecule has 6 nitrogen and oxygen atoms in total. The molecule has 2 fully saturated rings. The van der Waals surface area contributed by atoms with Gasteiger partial charge in [-0.15, -0.1) is 0 Å². The summed E-state index contributed by atoms with van der Waals surface area (Å²) in [6.07, 6.45) is 5.89. The topological polar surface area (TPSA) is 77.5 Å². The van der Waals surface area contributed by atoms with Gasteiger partial charge in [-0.3, -0.25) is 14.6 Å². The number of carbonyl (C=O) groups excluding carboxylic acids is 2. The molecule has 1 saturated heterocycles. The van der Waals surface area contributed by atoms with E-state index in [1.54, 1.807) is 6.20 Å². The standard InChI is InChI=1S/C35H36N2O4/c1-24-19-29-30(22-32(24)40-23-27-11-16-36-17-12-27)37-18-13-31(29)41-28-9-7-26(8-10-28)21-34(39)35(14-15-35)33(38)20-25-5-3-2-4-6-25/h2-10,13,18-19,22,27,36H,11-12,14-17,20-21,23H2,1H3. The molecule has 0 spiro atoms. The first-order valence-corrected chi connectivity index (χ1v) is 14.6. The summed E-state index contributed by atoms with van der Waals surface area (Å²) >= 11 is 0. The Hall–Kier alpha value is -4.03. The number of rotatable bonds is 11. The minimum Gasteiger partial charge on any atom is -0.493 e. The van der Waals surface area contributed by atoms with Crippen molar-refractivity contribution in [3.8, 4) is 17.2 Å². The average molecular weight is 549 g/mol. The number of nitrogens with one attached hydrogen (secondary N) is 1. The lowest BCUT2D eigenvalue weighted by Gasteiger charge is -2.23. The molecule has 1 aliphatic heterocycles. The smallest absolute Gasteiger partial charge is 0.150 e. The number of nitrogens with zero attached hydrogens (tertiary/aromatic N) is 1. The summed E-state index contributed by atoms with van der Waals surface area (Å²) < 4.78 is 12.5. The first-order valence-electron chi connectivity index (χ1n) is 14.6. The second kappa shape index (κ2) is 11.8. The van der Waals surface area contributed by atoms with E-state index < -0.39 is 5.41 Å². The van der Waals surface area contributed by atoms with Gasteiger partial charge in [0, 0.05) is 30.5 Å². The van der Waals surface area contributed by atoms with Crippen molar-refractivity contribution >= 4 is 22.5 Å². The van der Waals surface area contributed by atoms with Crippen LogP contribution in [0.1, 0.15) is 42.4 Å². The number of fused-ring (bicyclic) bond motifs is 1. The molecule has 6 rings (SSSR count). The van der Waals surface area contributed by atoms with Crippen molar-refractivity contribution in [2.45, 2.75) is 45.4 Å². The van der Waals surface area contributed by atoms with E-state index in [0.717, 1.165) is 71.6 Å². The molecule has 0 radical (unpaired) electrons. The van der Waals surface area contributed by atoms with E-state index in [4.69, 9.17) is 9.47 Å².